The lowest BCUT2D eigenvalue weighted by atomic mass is 10.1. The molecule has 2 aromatic heterocycles. The first kappa shape index (κ1) is 20.8. The molecule has 0 saturated heterocycles. The van der Waals surface area contributed by atoms with Crippen LogP contribution in [0.1, 0.15) is 47.7 Å². The first-order chi connectivity index (χ1) is 14.8. The van der Waals surface area contributed by atoms with Crippen LogP contribution in [0.15, 0.2) is 42.7 Å². The van der Waals surface area contributed by atoms with Crippen molar-refractivity contribution < 1.29 is 0 Å². The van der Waals surface area contributed by atoms with Gasteiger partial charge < -0.3 is 15.2 Å². The van der Waals surface area contributed by atoms with E-state index in [-0.39, 0.29) is 6.04 Å². The van der Waals surface area contributed by atoms with E-state index in [0.717, 1.165) is 22.7 Å². The molecule has 4 rings (SSSR count). The van der Waals surface area contributed by atoms with Gasteiger partial charge in [-0.2, -0.15) is 9.97 Å². The van der Waals surface area contributed by atoms with Crippen molar-refractivity contribution in [1.82, 2.24) is 19.5 Å². The zero-order valence-electron chi connectivity index (χ0n) is 19.1. The fraction of sp³-hybridized carbons (Fsp3) is 0.320. The highest BCUT2D eigenvalue weighted by Crippen LogP contribution is 2.28. The maximum Gasteiger partial charge on any atom is 0.231 e. The summed E-state index contributed by atoms with van der Waals surface area (Å²) in [5.74, 6) is 1.30. The van der Waals surface area contributed by atoms with Crippen LogP contribution in [0, 0.1) is 27.7 Å². The highest BCUT2D eigenvalue weighted by molar-refractivity contribution is 5.85. The molecule has 0 fully saturated rings. The molecule has 0 amide bonds. The van der Waals surface area contributed by atoms with Crippen LogP contribution in [-0.2, 0) is 6.54 Å². The smallest absolute Gasteiger partial charge is 0.231 e. The second-order valence-electron chi connectivity index (χ2n) is 8.55. The molecule has 0 bridgehead atoms. The van der Waals surface area contributed by atoms with Crippen molar-refractivity contribution in [2.24, 2.45) is 0 Å². The summed E-state index contributed by atoms with van der Waals surface area (Å²) in [6.07, 6.45) is 1.84. The SMILES string of the molecule is Cc1ccc(CNc2nc(Nc3c(C)cc(C)cc3C)nc3c2ncn3C(C)C)cc1. The first-order valence-corrected chi connectivity index (χ1v) is 10.7. The van der Waals surface area contributed by atoms with Gasteiger partial charge in [-0.15, -0.1) is 0 Å². The third-order valence-electron chi connectivity index (χ3n) is 5.47. The molecule has 6 heteroatoms. The lowest BCUT2D eigenvalue weighted by Gasteiger charge is -2.15. The zero-order valence-corrected chi connectivity index (χ0v) is 19.1. The minimum Gasteiger partial charge on any atom is -0.364 e. The zero-order chi connectivity index (χ0) is 22.1. The maximum atomic E-state index is 4.82. The number of aromatic nitrogens is 4. The second kappa shape index (κ2) is 8.38. The van der Waals surface area contributed by atoms with Gasteiger partial charge in [-0.25, -0.2) is 4.98 Å². The molecule has 0 radical (unpaired) electrons. The molecule has 6 nitrogen and oxygen atoms in total. The predicted octanol–water partition coefficient (Wildman–Crippen LogP) is 6.00. The van der Waals surface area contributed by atoms with Crippen LogP contribution in [-0.4, -0.2) is 19.5 Å². The van der Waals surface area contributed by atoms with Crippen LogP contribution in [0.2, 0.25) is 0 Å². The molecule has 0 unspecified atom stereocenters. The van der Waals surface area contributed by atoms with Gasteiger partial charge >= 0.3 is 0 Å². The van der Waals surface area contributed by atoms with Gasteiger partial charge in [0, 0.05) is 18.3 Å². The number of hydrogen-bond donors (Lipinski definition) is 2. The number of anilines is 3. The summed E-state index contributed by atoms with van der Waals surface area (Å²) in [4.78, 5) is 14.2. The van der Waals surface area contributed by atoms with E-state index in [1.807, 2.05) is 6.33 Å². The molecule has 0 atom stereocenters. The summed E-state index contributed by atoms with van der Waals surface area (Å²) >= 11 is 0. The minimum atomic E-state index is 0.251. The number of fused-ring (bicyclic) bond motifs is 1. The summed E-state index contributed by atoms with van der Waals surface area (Å²) in [6, 6.07) is 13.1. The van der Waals surface area contributed by atoms with Crippen LogP contribution in [0.5, 0.6) is 0 Å². The molecule has 31 heavy (non-hydrogen) atoms. The Morgan fingerprint density at radius 3 is 2.23 bits per heavy atom. The molecule has 160 valence electrons. The van der Waals surface area contributed by atoms with E-state index in [1.54, 1.807) is 0 Å². The molecule has 0 aliphatic heterocycles. The standard InChI is InChI=1S/C25H30N6/c1-15(2)31-14-27-22-23(26-13-20-9-7-16(3)8-10-20)29-25(30-24(22)31)28-21-18(5)11-17(4)12-19(21)6/h7-12,14-15H,13H2,1-6H3,(H2,26,28,29,30). The van der Waals surface area contributed by atoms with Crippen LogP contribution >= 0.6 is 0 Å². The third-order valence-corrected chi connectivity index (χ3v) is 5.47. The van der Waals surface area contributed by atoms with E-state index in [9.17, 15) is 0 Å². The van der Waals surface area contributed by atoms with Crippen molar-refractivity contribution >= 4 is 28.6 Å². The number of hydrogen-bond acceptors (Lipinski definition) is 5. The van der Waals surface area contributed by atoms with Crippen LogP contribution < -0.4 is 10.6 Å². The van der Waals surface area contributed by atoms with Crippen molar-refractivity contribution in [3.8, 4) is 0 Å². The topological polar surface area (TPSA) is 67.7 Å². The van der Waals surface area contributed by atoms with Crippen molar-refractivity contribution in [2.75, 3.05) is 10.6 Å². The second-order valence-corrected chi connectivity index (χ2v) is 8.55. The van der Waals surface area contributed by atoms with Gasteiger partial charge in [-0.05, 0) is 58.2 Å². The molecular formula is C25H30N6. The van der Waals surface area contributed by atoms with Crippen LogP contribution in [0.3, 0.4) is 0 Å². The average Bonchev–Trinajstić information content (AvgIpc) is 3.14. The molecule has 0 aliphatic carbocycles. The molecule has 0 aliphatic rings. The lowest BCUT2D eigenvalue weighted by molar-refractivity contribution is 0.613. The highest BCUT2D eigenvalue weighted by atomic mass is 15.2. The van der Waals surface area contributed by atoms with Gasteiger partial charge in [0.15, 0.2) is 17.0 Å². The van der Waals surface area contributed by atoms with Gasteiger partial charge in [-0.1, -0.05) is 47.5 Å². The van der Waals surface area contributed by atoms with E-state index in [4.69, 9.17) is 9.97 Å². The van der Waals surface area contributed by atoms with Crippen molar-refractivity contribution in [3.63, 3.8) is 0 Å². The normalized spacial score (nSPS) is 11.3. The fourth-order valence-corrected chi connectivity index (χ4v) is 3.85. The van der Waals surface area contributed by atoms with Gasteiger partial charge in [-0.3, -0.25) is 0 Å². The van der Waals surface area contributed by atoms with Gasteiger partial charge in [0.2, 0.25) is 5.95 Å². The number of nitrogens with one attached hydrogen (secondary N) is 2. The van der Waals surface area contributed by atoms with Crippen molar-refractivity contribution in [1.29, 1.82) is 0 Å². The van der Waals surface area contributed by atoms with Crippen LogP contribution in [0.4, 0.5) is 17.5 Å². The Kier molecular flexibility index (Phi) is 5.63. The Labute approximate surface area is 183 Å². The Morgan fingerprint density at radius 1 is 0.903 bits per heavy atom. The number of imidazole rings is 1. The van der Waals surface area contributed by atoms with E-state index in [0.29, 0.717) is 12.5 Å². The molecule has 0 spiro atoms. The quantitative estimate of drug-likeness (QED) is 0.405. The lowest BCUT2D eigenvalue weighted by Crippen LogP contribution is -2.08. The summed E-state index contributed by atoms with van der Waals surface area (Å²) in [5.41, 5.74) is 8.69. The minimum absolute atomic E-state index is 0.251. The van der Waals surface area contributed by atoms with Gasteiger partial charge in [0.25, 0.3) is 0 Å². The van der Waals surface area contributed by atoms with Crippen molar-refractivity contribution in [3.05, 3.63) is 70.5 Å². The van der Waals surface area contributed by atoms with E-state index < -0.39 is 0 Å². The fourth-order valence-electron chi connectivity index (χ4n) is 3.85. The molecule has 0 saturated carbocycles. The highest BCUT2D eigenvalue weighted by Gasteiger charge is 2.16. The molecule has 2 aromatic carbocycles. The summed E-state index contributed by atoms with van der Waals surface area (Å²) in [7, 11) is 0. The molecule has 4 aromatic rings. The summed E-state index contributed by atoms with van der Waals surface area (Å²) in [5, 5.41) is 6.93. The maximum absolute atomic E-state index is 4.82. The van der Waals surface area contributed by atoms with Crippen molar-refractivity contribution in [2.45, 2.75) is 54.1 Å². The summed E-state index contributed by atoms with van der Waals surface area (Å²) < 4.78 is 2.08. The van der Waals surface area contributed by atoms with Gasteiger partial charge in [0.05, 0.1) is 6.33 Å². The van der Waals surface area contributed by atoms with E-state index >= 15 is 0 Å². The van der Waals surface area contributed by atoms with E-state index in [1.165, 1.54) is 27.8 Å². The third kappa shape index (κ3) is 4.38. The van der Waals surface area contributed by atoms with Gasteiger partial charge in [0.1, 0.15) is 0 Å². The number of aryl methyl sites for hydroxylation is 4. The number of rotatable bonds is 6. The Balaban J connectivity index is 1.73. The molecular weight excluding hydrogens is 384 g/mol. The number of nitrogens with zero attached hydrogens (tertiary/aromatic N) is 4. The first-order valence-electron chi connectivity index (χ1n) is 10.7. The number of benzene rings is 2. The van der Waals surface area contributed by atoms with Crippen LogP contribution in [0.25, 0.3) is 11.2 Å². The Morgan fingerprint density at radius 2 is 1.58 bits per heavy atom. The Hall–Kier alpha value is -3.41. The Bertz CT molecular complexity index is 1200. The predicted molar refractivity (Wildman–Crippen MR) is 128 cm³/mol. The monoisotopic (exact) mass is 414 g/mol. The largest absolute Gasteiger partial charge is 0.364 e. The molecule has 2 heterocycles. The summed E-state index contributed by atoms with van der Waals surface area (Å²) in [6.45, 7) is 13.3. The molecule has 2 N–H and O–H groups in total. The van der Waals surface area contributed by atoms with E-state index in [2.05, 4.69) is 98.1 Å². The average molecular weight is 415 g/mol.